The van der Waals surface area contributed by atoms with Gasteiger partial charge in [0.1, 0.15) is 6.54 Å². The summed E-state index contributed by atoms with van der Waals surface area (Å²) in [5.74, 6) is -0.802. The fourth-order valence-corrected chi connectivity index (χ4v) is 3.02. The molecule has 0 bridgehead atoms. The largest absolute Gasteiger partial charge is 0.326 e. The second kappa shape index (κ2) is 7.87. The summed E-state index contributed by atoms with van der Waals surface area (Å²) >= 11 is 0. The molecule has 3 rings (SSSR count). The number of fused-ring (bicyclic) bond motifs is 1. The average molecular weight is 382 g/mol. The number of anilines is 3. The molecule has 0 spiro atoms. The molecule has 0 saturated heterocycles. The fraction of sp³-hybridized carbons (Fsp3) is 0.211. The van der Waals surface area contributed by atoms with E-state index in [0.29, 0.717) is 29.0 Å². The van der Waals surface area contributed by atoms with Crippen LogP contribution in [0.2, 0.25) is 0 Å². The van der Waals surface area contributed by atoms with Crippen LogP contribution < -0.4 is 15.5 Å². The van der Waals surface area contributed by atoms with Crippen LogP contribution >= 0.6 is 0 Å². The van der Waals surface area contributed by atoms with Gasteiger partial charge in [0.25, 0.3) is 5.69 Å². The first kappa shape index (κ1) is 19.0. The first-order chi connectivity index (χ1) is 13.3. The van der Waals surface area contributed by atoms with Gasteiger partial charge in [0.2, 0.25) is 17.7 Å². The minimum absolute atomic E-state index is 0.0447. The first-order valence-electron chi connectivity index (χ1n) is 8.58. The van der Waals surface area contributed by atoms with Gasteiger partial charge in [0, 0.05) is 42.5 Å². The van der Waals surface area contributed by atoms with Gasteiger partial charge in [-0.2, -0.15) is 0 Å². The molecule has 9 heteroatoms. The van der Waals surface area contributed by atoms with Gasteiger partial charge >= 0.3 is 0 Å². The van der Waals surface area contributed by atoms with Crippen molar-refractivity contribution < 1.29 is 19.3 Å². The van der Waals surface area contributed by atoms with E-state index < -0.39 is 10.8 Å². The maximum Gasteiger partial charge on any atom is 0.269 e. The number of carbonyl (C=O) groups excluding carboxylic acids is 3. The van der Waals surface area contributed by atoms with Crippen molar-refractivity contribution in [3.63, 3.8) is 0 Å². The highest BCUT2D eigenvalue weighted by molar-refractivity contribution is 6.04. The Labute approximate surface area is 160 Å². The number of amides is 3. The van der Waals surface area contributed by atoms with Crippen molar-refractivity contribution in [2.24, 2.45) is 0 Å². The number of hydrogen-bond acceptors (Lipinski definition) is 5. The topological polar surface area (TPSA) is 122 Å². The lowest BCUT2D eigenvalue weighted by atomic mass is 10.0. The molecule has 0 aromatic heterocycles. The van der Waals surface area contributed by atoms with Crippen LogP contribution in [0.1, 0.15) is 18.9 Å². The Bertz CT molecular complexity index is 955. The van der Waals surface area contributed by atoms with Crippen LogP contribution in [0.5, 0.6) is 0 Å². The van der Waals surface area contributed by atoms with Gasteiger partial charge in [-0.1, -0.05) is 0 Å². The SMILES string of the molecule is CC(=O)Nc1ccc(NC(=O)CN2C(=O)CCc3cc([N+](=O)[O-])ccc32)cc1. The number of carbonyl (C=O) groups is 3. The predicted molar refractivity (Wildman–Crippen MR) is 103 cm³/mol. The lowest BCUT2D eigenvalue weighted by molar-refractivity contribution is -0.384. The monoisotopic (exact) mass is 382 g/mol. The number of benzene rings is 2. The Morgan fingerprint density at radius 1 is 1.07 bits per heavy atom. The van der Waals surface area contributed by atoms with E-state index in [1.165, 1.54) is 30.0 Å². The van der Waals surface area contributed by atoms with Crippen molar-refractivity contribution >= 4 is 40.5 Å². The van der Waals surface area contributed by atoms with E-state index in [2.05, 4.69) is 10.6 Å². The van der Waals surface area contributed by atoms with Crippen molar-refractivity contribution in [1.82, 2.24) is 0 Å². The van der Waals surface area contributed by atoms with Crippen molar-refractivity contribution in [3.05, 3.63) is 58.1 Å². The van der Waals surface area contributed by atoms with E-state index in [9.17, 15) is 24.5 Å². The summed E-state index contributed by atoms with van der Waals surface area (Å²) in [6.45, 7) is 1.20. The van der Waals surface area contributed by atoms with Gasteiger partial charge in [0.05, 0.1) is 4.92 Å². The van der Waals surface area contributed by atoms with Gasteiger partial charge in [-0.15, -0.1) is 0 Å². The molecular formula is C19H18N4O5. The molecule has 0 aliphatic carbocycles. The molecule has 9 nitrogen and oxygen atoms in total. The number of aryl methyl sites for hydroxylation is 1. The first-order valence-corrected chi connectivity index (χ1v) is 8.58. The van der Waals surface area contributed by atoms with Crippen molar-refractivity contribution in [2.75, 3.05) is 22.1 Å². The Hall–Kier alpha value is -3.75. The second-order valence-electron chi connectivity index (χ2n) is 6.36. The zero-order chi connectivity index (χ0) is 20.3. The molecule has 28 heavy (non-hydrogen) atoms. The standard InChI is InChI=1S/C19H18N4O5/c1-12(24)20-14-3-5-15(6-4-14)21-18(25)11-22-17-8-7-16(23(27)28)10-13(17)2-9-19(22)26/h3-8,10H,2,9,11H2,1H3,(H,20,24)(H,21,25). The van der Waals surface area contributed by atoms with E-state index in [4.69, 9.17) is 0 Å². The Morgan fingerprint density at radius 2 is 1.71 bits per heavy atom. The van der Waals surface area contributed by atoms with E-state index in [0.717, 1.165) is 0 Å². The van der Waals surface area contributed by atoms with Crippen LogP contribution in [0.3, 0.4) is 0 Å². The predicted octanol–water partition coefficient (Wildman–Crippen LogP) is 2.47. The molecule has 3 amide bonds. The summed E-state index contributed by atoms with van der Waals surface area (Å²) < 4.78 is 0. The van der Waals surface area contributed by atoms with E-state index >= 15 is 0 Å². The van der Waals surface area contributed by atoms with Gasteiger partial charge < -0.3 is 15.5 Å². The Balaban J connectivity index is 1.71. The summed E-state index contributed by atoms with van der Waals surface area (Å²) in [6.07, 6.45) is 0.589. The number of nitro groups is 1. The summed E-state index contributed by atoms with van der Waals surface area (Å²) in [6, 6.07) is 10.8. The van der Waals surface area contributed by atoms with Gasteiger partial charge in [-0.3, -0.25) is 24.5 Å². The smallest absolute Gasteiger partial charge is 0.269 e. The van der Waals surface area contributed by atoms with Crippen LogP contribution in [-0.4, -0.2) is 29.2 Å². The molecule has 2 aromatic carbocycles. The van der Waals surface area contributed by atoms with Gasteiger partial charge in [-0.25, -0.2) is 0 Å². The van der Waals surface area contributed by atoms with Crippen molar-refractivity contribution in [1.29, 1.82) is 0 Å². The fourth-order valence-electron chi connectivity index (χ4n) is 3.02. The van der Waals surface area contributed by atoms with E-state index in [1.807, 2.05) is 0 Å². The normalized spacial score (nSPS) is 12.9. The van der Waals surface area contributed by atoms with Crippen molar-refractivity contribution in [2.45, 2.75) is 19.8 Å². The molecule has 0 fully saturated rings. The number of rotatable bonds is 5. The average Bonchev–Trinajstić information content (AvgIpc) is 2.65. The van der Waals surface area contributed by atoms with E-state index in [1.54, 1.807) is 24.3 Å². The lowest BCUT2D eigenvalue weighted by Crippen LogP contribution is -2.40. The zero-order valence-corrected chi connectivity index (χ0v) is 15.1. The molecule has 2 N–H and O–H groups in total. The molecule has 0 atom stereocenters. The molecular weight excluding hydrogens is 364 g/mol. The third-order valence-corrected chi connectivity index (χ3v) is 4.26. The Morgan fingerprint density at radius 3 is 2.32 bits per heavy atom. The molecule has 0 radical (unpaired) electrons. The van der Waals surface area contributed by atoms with Crippen LogP contribution in [-0.2, 0) is 20.8 Å². The molecule has 1 aliphatic heterocycles. The summed E-state index contributed by atoms with van der Waals surface area (Å²) in [7, 11) is 0. The quantitative estimate of drug-likeness (QED) is 0.608. The molecule has 2 aromatic rings. The van der Waals surface area contributed by atoms with Crippen LogP contribution in [0.4, 0.5) is 22.7 Å². The zero-order valence-electron chi connectivity index (χ0n) is 15.1. The maximum absolute atomic E-state index is 12.4. The lowest BCUT2D eigenvalue weighted by Gasteiger charge is -2.28. The summed E-state index contributed by atoms with van der Waals surface area (Å²) in [4.78, 5) is 47.5. The van der Waals surface area contributed by atoms with Crippen LogP contribution in [0.15, 0.2) is 42.5 Å². The molecule has 1 heterocycles. The number of hydrogen-bond donors (Lipinski definition) is 2. The molecule has 144 valence electrons. The van der Waals surface area contributed by atoms with E-state index in [-0.39, 0.29) is 30.5 Å². The minimum Gasteiger partial charge on any atom is -0.326 e. The summed E-state index contributed by atoms with van der Waals surface area (Å²) in [5, 5.41) is 16.3. The van der Waals surface area contributed by atoms with Crippen molar-refractivity contribution in [3.8, 4) is 0 Å². The highest BCUT2D eigenvalue weighted by atomic mass is 16.6. The van der Waals surface area contributed by atoms with Gasteiger partial charge in [0.15, 0.2) is 0 Å². The molecule has 0 saturated carbocycles. The van der Waals surface area contributed by atoms with Gasteiger partial charge in [-0.05, 0) is 42.3 Å². The number of non-ortho nitro benzene ring substituents is 1. The van der Waals surface area contributed by atoms with Crippen LogP contribution in [0.25, 0.3) is 0 Å². The number of nitrogens with one attached hydrogen (secondary N) is 2. The highest BCUT2D eigenvalue weighted by Gasteiger charge is 2.27. The second-order valence-corrected chi connectivity index (χ2v) is 6.36. The minimum atomic E-state index is -0.488. The molecule has 0 unspecified atom stereocenters. The maximum atomic E-state index is 12.4. The number of nitro benzene ring substituents is 1. The van der Waals surface area contributed by atoms with Crippen LogP contribution in [0, 0.1) is 10.1 Å². The summed E-state index contributed by atoms with van der Waals surface area (Å²) in [5.41, 5.74) is 2.26. The third-order valence-electron chi connectivity index (χ3n) is 4.26. The highest BCUT2D eigenvalue weighted by Crippen LogP contribution is 2.31. The Kier molecular flexibility index (Phi) is 5.35. The number of nitrogens with zero attached hydrogens (tertiary/aromatic N) is 2. The third kappa shape index (κ3) is 4.32. The molecule has 1 aliphatic rings.